The molecule has 0 bridgehead atoms. The van der Waals surface area contributed by atoms with Crippen molar-refractivity contribution < 1.29 is 50.4 Å². The smallest absolute Gasteiger partial charge is 0.418 e. The van der Waals surface area contributed by atoms with Crippen LogP contribution in [0.4, 0.5) is 38.4 Å². The number of carbonyl (C=O) groups is 1. The van der Waals surface area contributed by atoms with Crippen molar-refractivity contribution in [2.75, 3.05) is 70.4 Å². The first kappa shape index (κ1) is 47.2. The number of anilines is 2. The van der Waals surface area contributed by atoms with Crippen LogP contribution in [-0.2, 0) is 28.7 Å². The number of amides is 1. The number of carbonyl (C=O) groups excluding carboxylic acids is 1. The maximum atomic E-state index is 15.0. The van der Waals surface area contributed by atoms with E-state index < -0.39 is 41.8 Å². The number of fused-ring (bicyclic) bond motifs is 1. The van der Waals surface area contributed by atoms with Gasteiger partial charge >= 0.3 is 24.9 Å². The molecule has 0 aliphatic carbocycles. The summed E-state index contributed by atoms with van der Waals surface area (Å²) < 4.78 is 98.3. The van der Waals surface area contributed by atoms with Crippen LogP contribution in [0.15, 0.2) is 72.8 Å². The third-order valence-electron chi connectivity index (χ3n) is 11.2. The van der Waals surface area contributed by atoms with E-state index in [0.717, 1.165) is 17.2 Å². The van der Waals surface area contributed by atoms with Gasteiger partial charge in [-0.05, 0) is 93.9 Å². The predicted octanol–water partition coefficient (Wildman–Crippen LogP) is 9.34. The molecule has 7 rings (SSSR count). The first-order valence-corrected chi connectivity index (χ1v) is 21.4. The summed E-state index contributed by atoms with van der Waals surface area (Å²) in [6.07, 6.45) is -5.72. The van der Waals surface area contributed by atoms with E-state index in [2.05, 4.69) is 4.98 Å². The van der Waals surface area contributed by atoms with Gasteiger partial charge in [-0.1, -0.05) is 35.9 Å². The number of piperazine rings is 1. The number of ether oxygens (including phenoxy) is 5. The van der Waals surface area contributed by atoms with E-state index in [1.807, 2.05) is 39.0 Å². The quantitative estimate of drug-likeness (QED) is 0.0990. The number of alkyl halides is 5. The number of hydrogen-bond donors (Lipinski definition) is 0. The first-order valence-electron chi connectivity index (χ1n) is 21.0. The van der Waals surface area contributed by atoms with Crippen LogP contribution in [-0.4, -0.2) is 116 Å². The first-order chi connectivity index (χ1) is 30.9. The van der Waals surface area contributed by atoms with Crippen molar-refractivity contribution in [1.29, 1.82) is 0 Å². The van der Waals surface area contributed by atoms with E-state index in [9.17, 15) is 13.6 Å². The molecule has 0 radical (unpaired) electrons. The van der Waals surface area contributed by atoms with Crippen LogP contribution in [0, 0.1) is 0 Å². The highest BCUT2D eigenvalue weighted by Gasteiger charge is 2.37. The van der Waals surface area contributed by atoms with Gasteiger partial charge < -0.3 is 38.4 Å². The van der Waals surface area contributed by atoms with Crippen LogP contribution >= 0.6 is 11.6 Å². The van der Waals surface area contributed by atoms with Gasteiger partial charge in [0.1, 0.15) is 35.3 Å². The summed E-state index contributed by atoms with van der Waals surface area (Å²) in [5, 5.41) is 0.388. The molecule has 13 nitrogen and oxygen atoms in total. The molecule has 19 heteroatoms. The molecule has 1 amide bonds. The molecule has 0 spiro atoms. The zero-order valence-corrected chi connectivity index (χ0v) is 37.6. The normalized spacial score (nSPS) is 17.2. The number of likely N-dealkylation sites (tertiary alicyclic amines) is 1. The van der Waals surface area contributed by atoms with Crippen LogP contribution in [0.5, 0.6) is 17.5 Å². The van der Waals surface area contributed by atoms with Crippen molar-refractivity contribution in [3.8, 4) is 28.8 Å². The van der Waals surface area contributed by atoms with Crippen molar-refractivity contribution in [2.45, 2.75) is 70.8 Å². The molecule has 2 atom stereocenters. The number of pyridine rings is 1. The van der Waals surface area contributed by atoms with Crippen LogP contribution in [0.1, 0.15) is 43.9 Å². The van der Waals surface area contributed by atoms with Crippen molar-refractivity contribution in [1.82, 2.24) is 24.8 Å². The summed E-state index contributed by atoms with van der Waals surface area (Å²) in [5.41, 5.74) is -0.219. The lowest BCUT2D eigenvalue weighted by molar-refractivity contribution is -0.158. The van der Waals surface area contributed by atoms with Crippen molar-refractivity contribution >= 4 is 40.2 Å². The number of benzene rings is 3. The number of hydrogen-bond acceptors (Lipinski definition) is 12. The molecular weight excluding hydrogens is 877 g/mol. The third kappa shape index (κ3) is 11.8. The minimum atomic E-state index is -4.83. The van der Waals surface area contributed by atoms with Crippen LogP contribution in [0.3, 0.4) is 0 Å². The number of rotatable bonds is 14. The summed E-state index contributed by atoms with van der Waals surface area (Å²) in [6, 6.07) is 19.6. The summed E-state index contributed by atoms with van der Waals surface area (Å²) in [7, 11) is 4.89. The van der Waals surface area contributed by atoms with E-state index in [-0.39, 0.29) is 79.7 Å². The summed E-state index contributed by atoms with van der Waals surface area (Å²) in [4.78, 5) is 34.3. The molecule has 2 aromatic heterocycles. The molecule has 0 N–H and O–H groups in total. The van der Waals surface area contributed by atoms with E-state index >= 15 is 13.2 Å². The molecular formula is C46H51ClF5N7O6. The van der Waals surface area contributed by atoms with Crippen molar-refractivity contribution in [2.24, 2.45) is 0 Å². The van der Waals surface area contributed by atoms with Gasteiger partial charge in [-0.15, -0.1) is 0 Å². The standard InChI is InChI=1S/C46H51ClF5N7O6/c1-45(2,3)65-44(60)58-19-17-57(18-20-58)41-35-22-37(47)34(23-38(35)53-43(55-41)63-27-30-21-33(26-56(30)4)64-42(48)49)40-36(46(50,51)52)15-16-39(54-40)59(24-28-7-11-31(61-5)12-8-28)25-29-9-13-32(62-6)14-10-29/h7-16,22-23,30,33,42H,17-21,24-27H2,1-6H3/t30-,33+/m0/s1. The minimum Gasteiger partial charge on any atom is -0.497 e. The second-order valence-electron chi connectivity index (χ2n) is 16.9. The lowest BCUT2D eigenvalue weighted by Crippen LogP contribution is -2.50. The number of halogens is 6. The monoisotopic (exact) mass is 927 g/mol. The SMILES string of the molecule is COc1ccc(CN(Cc2ccc(OC)cc2)c2ccc(C(F)(F)F)c(-c3cc4nc(OC[C@@H]5C[C@@H](OC(F)F)CN5C)nc(N5CCN(C(=O)OC(C)(C)C)CC5)c4cc3Cl)n2)cc1. The molecule has 3 aromatic carbocycles. The Labute approximate surface area is 378 Å². The Morgan fingerprint density at radius 3 is 2.03 bits per heavy atom. The molecule has 0 unspecified atom stereocenters. The second-order valence-corrected chi connectivity index (χ2v) is 17.3. The Hall–Kier alpha value is -5.72. The van der Waals surface area contributed by atoms with E-state index in [0.29, 0.717) is 35.8 Å². The van der Waals surface area contributed by atoms with Gasteiger partial charge in [-0.25, -0.2) is 9.78 Å². The molecule has 2 fully saturated rings. The fraction of sp³-hybridized carbons (Fsp3) is 0.435. The van der Waals surface area contributed by atoms with Gasteiger partial charge in [-0.3, -0.25) is 4.90 Å². The molecule has 2 aliphatic heterocycles. The van der Waals surface area contributed by atoms with Gasteiger partial charge in [0.25, 0.3) is 0 Å². The average Bonchev–Trinajstić information content (AvgIpc) is 3.61. The number of nitrogens with zero attached hydrogens (tertiary/aromatic N) is 7. The van der Waals surface area contributed by atoms with Crippen molar-refractivity contribution in [3.63, 3.8) is 0 Å². The summed E-state index contributed by atoms with van der Waals surface area (Å²) in [6.45, 7) is 4.49. The molecule has 2 saturated heterocycles. The zero-order valence-electron chi connectivity index (χ0n) is 36.9. The van der Waals surface area contributed by atoms with Crippen LogP contribution < -0.4 is 24.0 Å². The summed E-state index contributed by atoms with van der Waals surface area (Å²) in [5.74, 6) is 1.93. The Morgan fingerprint density at radius 1 is 0.862 bits per heavy atom. The lowest BCUT2D eigenvalue weighted by Gasteiger charge is -2.36. The Bertz CT molecular complexity index is 2380. The highest BCUT2D eigenvalue weighted by Crippen LogP contribution is 2.42. The summed E-state index contributed by atoms with van der Waals surface area (Å²) >= 11 is 7.01. The van der Waals surface area contributed by atoms with Crippen molar-refractivity contribution in [3.05, 3.63) is 94.5 Å². The molecule has 65 heavy (non-hydrogen) atoms. The van der Waals surface area contributed by atoms with Crippen LogP contribution in [0.2, 0.25) is 5.02 Å². The highest BCUT2D eigenvalue weighted by molar-refractivity contribution is 6.34. The lowest BCUT2D eigenvalue weighted by atomic mass is 10.0. The minimum absolute atomic E-state index is 0.0114. The van der Waals surface area contributed by atoms with Gasteiger partial charge in [0.05, 0.1) is 42.1 Å². The second kappa shape index (κ2) is 19.8. The van der Waals surface area contributed by atoms with Gasteiger partial charge in [0, 0.05) is 62.8 Å². The zero-order chi connectivity index (χ0) is 46.6. The molecule has 348 valence electrons. The van der Waals surface area contributed by atoms with E-state index in [4.69, 9.17) is 45.3 Å². The Morgan fingerprint density at radius 2 is 1.48 bits per heavy atom. The van der Waals surface area contributed by atoms with E-state index in [1.165, 1.54) is 18.2 Å². The third-order valence-corrected chi connectivity index (χ3v) is 11.5. The highest BCUT2D eigenvalue weighted by atomic mass is 35.5. The van der Waals surface area contributed by atoms with Crippen LogP contribution in [0.25, 0.3) is 22.2 Å². The van der Waals surface area contributed by atoms with Gasteiger partial charge in [0.15, 0.2) is 0 Å². The number of aromatic nitrogens is 3. The molecule has 0 saturated carbocycles. The average molecular weight is 928 g/mol. The maximum Gasteiger partial charge on any atom is 0.418 e. The fourth-order valence-corrected chi connectivity index (χ4v) is 8.10. The molecule has 5 aromatic rings. The fourth-order valence-electron chi connectivity index (χ4n) is 7.84. The number of likely N-dealkylation sites (N-methyl/N-ethyl adjacent to an activating group) is 1. The van der Waals surface area contributed by atoms with Gasteiger partial charge in [-0.2, -0.15) is 31.9 Å². The Balaban J connectivity index is 1.29. The molecule has 2 aliphatic rings. The Kier molecular flexibility index (Phi) is 14.4. The molecule has 4 heterocycles. The number of methoxy groups -OCH3 is 2. The largest absolute Gasteiger partial charge is 0.497 e. The van der Waals surface area contributed by atoms with Gasteiger partial charge in [0.2, 0.25) is 0 Å². The van der Waals surface area contributed by atoms with E-state index in [1.54, 1.807) is 71.2 Å². The maximum absolute atomic E-state index is 15.0. The predicted molar refractivity (Wildman–Crippen MR) is 236 cm³/mol. The topological polar surface area (TPSA) is 115 Å².